The average Bonchev–Trinajstić information content (AvgIpc) is 3.33. The Hall–Kier alpha value is -3.45. The van der Waals surface area contributed by atoms with E-state index >= 15 is 0 Å². The van der Waals surface area contributed by atoms with E-state index in [0.29, 0.717) is 22.5 Å². The second-order valence-corrected chi connectivity index (χ2v) is 9.40. The summed E-state index contributed by atoms with van der Waals surface area (Å²) in [6.07, 6.45) is 3.84. The first-order valence-electron chi connectivity index (χ1n) is 9.55. The highest BCUT2D eigenvalue weighted by atomic mass is 32.2. The van der Waals surface area contributed by atoms with Crippen LogP contribution in [0, 0.1) is 17.7 Å². The van der Waals surface area contributed by atoms with Crippen LogP contribution in [0.1, 0.15) is 17.7 Å². The molecule has 1 amide bonds. The molecule has 0 spiro atoms. The van der Waals surface area contributed by atoms with Crippen LogP contribution in [-0.4, -0.2) is 53.7 Å². The third kappa shape index (κ3) is 4.67. The first kappa shape index (κ1) is 20.8. The minimum Gasteiger partial charge on any atom is -0.442 e. The number of ether oxygens (including phenoxy) is 1. The van der Waals surface area contributed by atoms with Crippen LogP contribution >= 0.6 is 0 Å². The standard InChI is InChI=1S/C21H19FN4O4S/c1-2-3-4-16-12-25(24-23-16)13-18-14-26(21(27)30-18)17-5-6-19(20(22)11-17)15-7-9-31(28,29)10-8-15/h2,5-7,11-12,18H,1,8-10,13-14H2/t18-/m0/s1. The summed E-state index contributed by atoms with van der Waals surface area (Å²) in [6, 6.07) is 4.46. The third-order valence-electron chi connectivity index (χ3n) is 4.98. The number of anilines is 1. The first-order valence-corrected chi connectivity index (χ1v) is 11.4. The van der Waals surface area contributed by atoms with Gasteiger partial charge in [0, 0.05) is 5.56 Å². The molecule has 0 aliphatic carbocycles. The molecule has 2 aromatic rings. The molecule has 0 radical (unpaired) electrons. The van der Waals surface area contributed by atoms with E-state index in [4.69, 9.17) is 4.74 Å². The molecular formula is C21H19FN4O4S. The lowest BCUT2D eigenvalue weighted by Crippen LogP contribution is -2.26. The molecule has 1 fully saturated rings. The van der Waals surface area contributed by atoms with Gasteiger partial charge >= 0.3 is 6.09 Å². The molecule has 4 rings (SSSR count). The number of nitrogens with zero attached hydrogens (tertiary/aromatic N) is 4. The van der Waals surface area contributed by atoms with Crippen molar-refractivity contribution in [2.45, 2.75) is 19.1 Å². The lowest BCUT2D eigenvalue weighted by molar-refractivity contribution is 0.129. The fraction of sp³-hybridized carbons (Fsp3) is 0.286. The molecular weight excluding hydrogens is 423 g/mol. The van der Waals surface area contributed by atoms with Gasteiger partial charge in [-0.3, -0.25) is 4.90 Å². The lowest BCUT2D eigenvalue weighted by Gasteiger charge is -2.17. The van der Waals surface area contributed by atoms with Crippen LogP contribution in [-0.2, 0) is 21.1 Å². The molecule has 2 aliphatic heterocycles. The topological polar surface area (TPSA) is 94.4 Å². The highest BCUT2D eigenvalue weighted by molar-refractivity contribution is 7.91. The van der Waals surface area contributed by atoms with Crippen LogP contribution in [0.25, 0.3) is 5.57 Å². The predicted molar refractivity (Wildman–Crippen MR) is 112 cm³/mol. The highest BCUT2D eigenvalue weighted by Gasteiger charge is 2.33. The first-order chi connectivity index (χ1) is 14.8. The summed E-state index contributed by atoms with van der Waals surface area (Å²) < 4.78 is 44.8. The van der Waals surface area contributed by atoms with Gasteiger partial charge in [-0.25, -0.2) is 22.3 Å². The summed E-state index contributed by atoms with van der Waals surface area (Å²) in [6.45, 7) is 4.02. The molecule has 1 atom stereocenters. The number of aromatic nitrogens is 3. The number of sulfone groups is 1. The van der Waals surface area contributed by atoms with Gasteiger partial charge in [-0.05, 0) is 42.2 Å². The second-order valence-electron chi connectivity index (χ2n) is 7.17. The van der Waals surface area contributed by atoms with Gasteiger partial charge in [0.1, 0.15) is 11.9 Å². The van der Waals surface area contributed by atoms with Crippen molar-refractivity contribution in [3.63, 3.8) is 0 Å². The summed E-state index contributed by atoms with van der Waals surface area (Å²) in [5, 5.41) is 7.87. The molecule has 1 aromatic heterocycles. The number of benzene rings is 1. The molecule has 3 heterocycles. The van der Waals surface area contributed by atoms with Crippen molar-refractivity contribution in [1.82, 2.24) is 15.0 Å². The quantitative estimate of drug-likeness (QED) is 0.674. The van der Waals surface area contributed by atoms with E-state index in [1.165, 1.54) is 21.7 Å². The number of halogens is 1. The summed E-state index contributed by atoms with van der Waals surface area (Å²) in [7, 11) is -3.09. The van der Waals surface area contributed by atoms with Crippen LogP contribution < -0.4 is 4.90 Å². The smallest absolute Gasteiger partial charge is 0.414 e. The minimum absolute atomic E-state index is 0.00330. The van der Waals surface area contributed by atoms with E-state index in [-0.39, 0.29) is 31.0 Å². The number of carbonyl (C=O) groups excluding carboxylic acids is 1. The summed E-state index contributed by atoms with van der Waals surface area (Å²) in [4.78, 5) is 13.7. The van der Waals surface area contributed by atoms with Crippen LogP contribution in [0.15, 0.2) is 43.1 Å². The average molecular weight is 442 g/mol. The van der Waals surface area contributed by atoms with Crippen molar-refractivity contribution in [2.75, 3.05) is 23.0 Å². The maximum atomic E-state index is 14.7. The number of carbonyl (C=O) groups is 1. The zero-order chi connectivity index (χ0) is 22.0. The van der Waals surface area contributed by atoms with E-state index in [1.54, 1.807) is 24.4 Å². The van der Waals surface area contributed by atoms with Crippen molar-refractivity contribution in [3.05, 3.63) is 60.2 Å². The Morgan fingerprint density at radius 1 is 1.39 bits per heavy atom. The molecule has 0 bridgehead atoms. The summed E-state index contributed by atoms with van der Waals surface area (Å²) >= 11 is 0. The van der Waals surface area contributed by atoms with Crippen LogP contribution in [0.4, 0.5) is 14.9 Å². The largest absolute Gasteiger partial charge is 0.442 e. The molecule has 160 valence electrons. The fourth-order valence-electron chi connectivity index (χ4n) is 3.46. The number of rotatable bonds is 4. The van der Waals surface area contributed by atoms with Gasteiger partial charge in [-0.1, -0.05) is 23.8 Å². The van der Waals surface area contributed by atoms with E-state index in [9.17, 15) is 17.6 Å². The van der Waals surface area contributed by atoms with E-state index in [1.807, 2.05) is 0 Å². The molecule has 1 saturated heterocycles. The summed E-state index contributed by atoms with van der Waals surface area (Å²) in [5.41, 5.74) is 1.85. The molecule has 1 aromatic carbocycles. The van der Waals surface area contributed by atoms with Crippen LogP contribution in [0.3, 0.4) is 0 Å². The Bertz CT molecular complexity index is 1240. The van der Waals surface area contributed by atoms with Gasteiger partial charge in [0.15, 0.2) is 15.5 Å². The number of amides is 1. The molecule has 0 unspecified atom stereocenters. The third-order valence-corrected chi connectivity index (χ3v) is 6.48. The van der Waals surface area contributed by atoms with Crippen molar-refractivity contribution >= 4 is 27.2 Å². The van der Waals surface area contributed by atoms with Crippen molar-refractivity contribution in [3.8, 4) is 11.8 Å². The van der Waals surface area contributed by atoms with Gasteiger partial charge in [0.2, 0.25) is 0 Å². The molecule has 31 heavy (non-hydrogen) atoms. The Morgan fingerprint density at radius 3 is 2.94 bits per heavy atom. The maximum absolute atomic E-state index is 14.7. The molecule has 0 N–H and O–H groups in total. The highest BCUT2D eigenvalue weighted by Crippen LogP contribution is 2.30. The maximum Gasteiger partial charge on any atom is 0.414 e. The Balaban J connectivity index is 1.46. The van der Waals surface area contributed by atoms with Gasteiger partial charge < -0.3 is 4.74 Å². The van der Waals surface area contributed by atoms with Gasteiger partial charge in [-0.2, -0.15) is 0 Å². The van der Waals surface area contributed by atoms with Gasteiger partial charge in [-0.15, -0.1) is 5.10 Å². The Labute approximate surface area is 178 Å². The number of hydrogen-bond donors (Lipinski definition) is 0. The van der Waals surface area contributed by atoms with Crippen LogP contribution in [0.5, 0.6) is 0 Å². The Morgan fingerprint density at radius 2 is 2.23 bits per heavy atom. The zero-order valence-corrected chi connectivity index (χ0v) is 17.3. The van der Waals surface area contributed by atoms with E-state index < -0.39 is 27.9 Å². The molecule has 2 aliphatic rings. The van der Waals surface area contributed by atoms with Gasteiger partial charge in [0.05, 0.1) is 36.5 Å². The SMILES string of the molecule is C=CC#Cc1cn(C[C@H]2CN(c3ccc(C4=CCS(=O)(=O)CC4)c(F)c3)C(=O)O2)nn1. The molecule has 0 saturated carbocycles. The normalized spacial score (nSPS) is 19.9. The van der Waals surface area contributed by atoms with Crippen LogP contribution in [0.2, 0.25) is 0 Å². The van der Waals surface area contributed by atoms with Crippen molar-refractivity contribution < 1.29 is 22.3 Å². The van der Waals surface area contributed by atoms with E-state index in [2.05, 4.69) is 28.7 Å². The van der Waals surface area contributed by atoms with Crippen molar-refractivity contribution in [1.29, 1.82) is 0 Å². The molecule has 10 heteroatoms. The monoisotopic (exact) mass is 442 g/mol. The number of cyclic esters (lactones) is 1. The predicted octanol–water partition coefficient (Wildman–Crippen LogP) is 2.18. The lowest BCUT2D eigenvalue weighted by atomic mass is 10.0. The second kappa shape index (κ2) is 8.35. The fourth-order valence-corrected chi connectivity index (χ4v) is 4.61. The van der Waals surface area contributed by atoms with E-state index in [0.717, 1.165) is 0 Å². The Kier molecular flexibility index (Phi) is 5.61. The number of allylic oxidation sites excluding steroid dienone is 2. The minimum atomic E-state index is -3.09. The van der Waals surface area contributed by atoms with Gasteiger partial charge in [0.25, 0.3) is 0 Å². The summed E-state index contributed by atoms with van der Waals surface area (Å²) in [5.74, 6) is 4.85. The number of hydrogen-bond acceptors (Lipinski definition) is 6. The molecule has 8 nitrogen and oxygen atoms in total. The van der Waals surface area contributed by atoms with Crippen molar-refractivity contribution in [2.24, 2.45) is 0 Å². The zero-order valence-electron chi connectivity index (χ0n) is 16.5.